The number of nitrogens with zero attached hydrogens (tertiary/aromatic N) is 2. The third-order valence-corrected chi connectivity index (χ3v) is 3.49. The molecular weight excluding hydrogens is 234 g/mol. The molecule has 3 nitrogen and oxygen atoms in total. The quantitative estimate of drug-likeness (QED) is 0.793. The fourth-order valence-electron chi connectivity index (χ4n) is 2.48. The first-order valence-corrected chi connectivity index (χ1v) is 6.97. The van der Waals surface area contributed by atoms with Crippen molar-refractivity contribution in [3.8, 4) is 0 Å². The zero-order valence-electron chi connectivity index (χ0n) is 12.9. The van der Waals surface area contributed by atoms with Crippen molar-refractivity contribution in [3.63, 3.8) is 0 Å². The molecule has 2 atom stereocenters. The molecule has 0 fully saturated rings. The van der Waals surface area contributed by atoms with Crippen LogP contribution < -0.4 is 5.73 Å². The molecule has 106 valence electrons. The van der Waals surface area contributed by atoms with Crippen molar-refractivity contribution >= 4 is 6.21 Å². The fourth-order valence-corrected chi connectivity index (χ4v) is 2.48. The fraction of sp³-hybridized carbons (Fsp3) is 0.562. The minimum absolute atomic E-state index is 0.175. The lowest BCUT2D eigenvalue weighted by Gasteiger charge is -2.31. The van der Waals surface area contributed by atoms with Crippen molar-refractivity contribution in [2.75, 3.05) is 13.6 Å². The summed E-state index contributed by atoms with van der Waals surface area (Å²) in [5, 5.41) is 0. The van der Waals surface area contributed by atoms with Crippen LogP contribution in [0.1, 0.15) is 34.1 Å². The molecule has 1 aliphatic rings. The van der Waals surface area contributed by atoms with Crippen LogP contribution in [-0.4, -0.2) is 30.9 Å². The Bertz CT molecular complexity index is 416. The lowest BCUT2D eigenvalue weighted by Crippen LogP contribution is -2.30. The Kier molecular flexibility index (Phi) is 6.03. The highest BCUT2D eigenvalue weighted by Crippen LogP contribution is 2.26. The molecule has 0 aliphatic carbocycles. The highest BCUT2D eigenvalue weighted by molar-refractivity contribution is 5.61. The lowest BCUT2D eigenvalue weighted by atomic mass is 9.97. The monoisotopic (exact) mass is 261 g/mol. The zero-order chi connectivity index (χ0) is 14.4. The van der Waals surface area contributed by atoms with Gasteiger partial charge in [0.15, 0.2) is 0 Å². The van der Waals surface area contributed by atoms with E-state index in [4.69, 9.17) is 5.73 Å². The predicted octanol–water partition coefficient (Wildman–Crippen LogP) is 3.11. The first-order valence-electron chi connectivity index (χ1n) is 6.97. The van der Waals surface area contributed by atoms with E-state index in [-0.39, 0.29) is 6.17 Å². The Labute approximate surface area is 117 Å². The highest BCUT2D eigenvalue weighted by atomic mass is 15.2. The van der Waals surface area contributed by atoms with E-state index in [9.17, 15) is 0 Å². The van der Waals surface area contributed by atoms with Gasteiger partial charge in [-0.3, -0.25) is 4.99 Å². The minimum Gasteiger partial charge on any atom is -0.353 e. The van der Waals surface area contributed by atoms with Crippen molar-refractivity contribution in [2.45, 2.75) is 40.3 Å². The van der Waals surface area contributed by atoms with E-state index in [2.05, 4.69) is 56.9 Å². The van der Waals surface area contributed by atoms with Crippen molar-refractivity contribution in [2.24, 2.45) is 16.6 Å². The van der Waals surface area contributed by atoms with Crippen molar-refractivity contribution in [1.82, 2.24) is 4.90 Å². The summed E-state index contributed by atoms with van der Waals surface area (Å²) < 4.78 is 0. The summed E-state index contributed by atoms with van der Waals surface area (Å²) in [6.45, 7) is 9.30. The maximum atomic E-state index is 5.48. The van der Waals surface area contributed by atoms with Crippen molar-refractivity contribution in [3.05, 3.63) is 35.1 Å². The maximum absolute atomic E-state index is 5.48. The Morgan fingerprint density at radius 2 is 2.21 bits per heavy atom. The molecule has 2 unspecified atom stereocenters. The summed E-state index contributed by atoms with van der Waals surface area (Å²) in [5.74, 6) is 0.499. The molecule has 0 bridgehead atoms. The van der Waals surface area contributed by atoms with E-state index in [0.29, 0.717) is 12.5 Å². The van der Waals surface area contributed by atoms with Gasteiger partial charge in [-0.2, -0.15) is 0 Å². The number of hydrogen-bond donors (Lipinski definition) is 1. The molecule has 0 saturated heterocycles. The SMILES string of the molecule is CC(=CC=CCN)C1=C(C)CC(C)C=NC(C)N1C. The van der Waals surface area contributed by atoms with E-state index in [0.717, 1.165) is 6.42 Å². The average Bonchev–Trinajstić information content (AvgIpc) is 2.35. The Balaban J connectivity index is 3.10. The summed E-state index contributed by atoms with van der Waals surface area (Å²) in [4.78, 5) is 6.86. The van der Waals surface area contributed by atoms with Crippen LogP contribution >= 0.6 is 0 Å². The molecular formula is C16H27N3. The first-order chi connectivity index (χ1) is 8.97. The van der Waals surface area contributed by atoms with Crippen LogP contribution in [0.5, 0.6) is 0 Å². The van der Waals surface area contributed by atoms with E-state index < -0.39 is 0 Å². The second-order valence-corrected chi connectivity index (χ2v) is 5.36. The van der Waals surface area contributed by atoms with Crippen molar-refractivity contribution in [1.29, 1.82) is 0 Å². The van der Waals surface area contributed by atoms with E-state index >= 15 is 0 Å². The van der Waals surface area contributed by atoms with Crippen LogP contribution in [0.25, 0.3) is 0 Å². The largest absolute Gasteiger partial charge is 0.353 e. The number of rotatable bonds is 3. The molecule has 1 aliphatic heterocycles. The third kappa shape index (κ3) is 4.35. The van der Waals surface area contributed by atoms with Gasteiger partial charge in [0, 0.05) is 25.5 Å². The molecule has 2 N–H and O–H groups in total. The molecule has 0 aromatic carbocycles. The van der Waals surface area contributed by atoms with Gasteiger partial charge in [-0.05, 0) is 44.3 Å². The van der Waals surface area contributed by atoms with Gasteiger partial charge in [0.2, 0.25) is 0 Å². The van der Waals surface area contributed by atoms with Crippen LogP contribution in [-0.2, 0) is 0 Å². The Morgan fingerprint density at radius 3 is 2.84 bits per heavy atom. The van der Waals surface area contributed by atoms with Gasteiger partial charge in [-0.25, -0.2) is 0 Å². The van der Waals surface area contributed by atoms with Crippen LogP contribution in [0.2, 0.25) is 0 Å². The molecule has 0 aromatic rings. The van der Waals surface area contributed by atoms with Crippen LogP contribution in [0.4, 0.5) is 0 Å². The third-order valence-electron chi connectivity index (χ3n) is 3.49. The summed E-state index contributed by atoms with van der Waals surface area (Å²) >= 11 is 0. The zero-order valence-corrected chi connectivity index (χ0v) is 12.9. The van der Waals surface area contributed by atoms with E-state index in [1.165, 1.54) is 16.8 Å². The second-order valence-electron chi connectivity index (χ2n) is 5.36. The lowest BCUT2D eigenvalue weighted by molar-refractivity contribution is 0.330. The number of likely N-dealkylation sites (N-methyl/N-ethyl adjacent to an activating group) is 1. The molecule has 1 heterocycles. The molecule has 0 amide bonds. The Hall–Kier alpha value is -1.35. The van der Waals surface area contributed by atoms with Gasteiger partial charge in [0.25, 0.3) is 0 Å². The molecule has 0 aromatic heterocycles. The number of aliphatic imine (C=N–C) groups is 1. The Morgan fingerprint density at radius 1 is 1.53 bits per heavy atom. The predicted molar refractivity (Wildman–Crippen MR) is 84.1 cm³/mol. The van der Waals surface area contributed by atoms with Crippen LogP contribution in [0, 0.1) is 5.92 Å². The molecule has 1 rings (SSSR count). The van der Waals surface area contributed by atoms with Gasteiger partial charge in [-0.1, -0.05) is 25.2 Å². The highest BCUT2D eigenvalue weighted by Gasteiger charge is 2.18. The standard InChI is InChI=1S/C16H27N3/c1-12-10-14(3)16(13(2)8-6-7-9-17)19(5)15(4)18-11-12/h6-8,11-12,15H,9-10,17H2,1-5H3. The molecule has 0 saturated carbocycles. The minimum atomic E-state index is 0.175. The van der Waals surface area contributed by atoms with Gasteiger partial charge >= 0.3 is 0 Å². The van der Waals surface area contributed by atoms with Gasteiger partial charge in [0.05, 0.1) is 0 Å². The number of nitrogens with two attached hydrogens (primary N) is 1. The normalized spacial score (nSPS) is 26.0. The maximum Gasteiger partial charge on any atom is 0.117 e. The second kappa shape index (κ2) is 7.29. The smallest absolute Gasteiger partial charge is 0.117 e. The van der Waals surface area contributed by atoms with E-state index in [1.54, 1.807) is 0 Å². The first kappa shape index (κ1) is 15.7. The molecule has 0 spiro atoms. The number of allylic oxidation sites excluding steroid dienone is 4. The van der Waals surface area contributed by atoms with Gasteiger partial charge < -0.3 is 10.6 Å². The van der Waals surface area contributed by atoms with Gasteiger partial charge in [0.1, 0.15) is 6.17 Å². The van der Waals surface area contributed by atoms with Crippen LogP contribution in [0.15, 0.2) is 40.1 Å². The van der Waals surface area contributed by atoms with Crippen LogP contribution in [0.3, 0.4) is 0 Å². The van der Waals surface area contributed by atoms with E-state index in [1.807, 2.05) is 12.2 Å². The molecule has 3 heteroatoms. The molecule has 0 radical (unpaired) electrons. The average molecular weight is 261 g/mol. The number of hydrogen-bond acceptors (Lipinski definition) is 3. The van der Waals surface area contributed by atoms with Crippen molar-refractivity contribution < 1.29 is 0 Å². The summed E-state index contributed by atoms with van der Waals surface area (Å²) in [7, 11) is 2.11. The summed E-state index contributed by atoms with van der Waals surface area (Å²) in [5.41, 5.74) is 9.46. The molecule has 19 heavy (non-hydrogen) atoms. The van der Waals surface area contributed by atoms with Gasteiger partial charge in [-0.15, -0.1) is 0 Å². The summed E-state index contributed by atoms with van der Waals surface area (Å²) in [6.07, 6.45) is 9.43. The topological polar surface area (TPSA) is 41.6 Å². The summed E-state index contributed by atoms with van der Waals surface area (Å²) in [6, 6.07) is 0.